The van der Waals surface area contributed by atoms with Gasteiger partial charge in [-0.3, -0.25) is 0 Å². The van der Waals surface area contributed by atoms with Gasteiger partial charge >= 0.3 is 0 Å². The number of nitrogens with zero attached hydrogens (tertiary/aromatic N) is 5. The standard InChI is InChI=1S/C14H6Cl2FN5/c15-10-6-8(3-4-11(10)17)22-12(7-18)13(20-21-22)9-2-1-5-19-14(9)16/h1-6H. The van der Waals surface area contributed by atoms with Gasteiger partial charge in [0.25, 0.3) is 0 Å². The Hall–Kier alpha value is -2.49. The van der Waals surface area contributed by atoms with E-state index in [-0.39, 0.29) is 15.9 Å². The Bertz CT molecular complexity index is 900. The van der Waals surface area contributed by atoms with Crippen LogP contribution in [0, 0.1) is 17.1 Å². The summed E-state index contributed by atoms with van der Waals surface area (Å²) in [4.78, 5) is 3.95. The van der Waals surface area contributed by atoms with Gasteiger partial charge in [-0.15, -0.1) is 5.10 Å². The number of benzene rings is 1. The average Bonchev–Trinajstić information content (AvgIpc) is 2.94. The molecule has 2 aromatic heterocycles. The molecule has 0 saturated carbocycles. The summed E-state index contributed by atoms with van der Waals surface area (Å²) in [5.41, 5.74) is 1.35. The minimum atomic E-state index is -0.556. The van der Waals surface area contributed by atoms with Gasteiger partial charge in [0.2, 0.25) is 0 Å². The number of aromatic nitrogens is 4. The maximum Gasteiger partial charge on any atom is 0.172 e. The third-order valence-corrected chi connectivity index (χ3v) is 3.53. The first kappa shape index (κ1) is 14.4. The van der Waals surface area contributed by atoms with Crippen molar-refractivity contribution in [3.05, 3.63) is 58.2 Å². The van der Waals surface area contributed by atoms with E-state index in [0.717, 1.165) is 0 Å². The van der Waals surface area contributed by atoms with Crippen LogP contribution in [-0.2, 0) is 0 Å². The summed E-state index contributed by atoms with van der Waals surface area (Å²) in [5.74, 6) is -0.556. The van der Waals surface area contributed by atoms with Crippen LogP contribution >= 0.6 is 23.2 Å². The highest BCUT2D eigenvalue weighted by Crippen LogP contribution is 2.28. The van der Waals surface area contributed by atoms with Gasteiger partial charge in [0.15, 0.2) is 5.69 Å². The summed E-state index contributed by atoms with van der Waals surface area (Å²) in [7, 11) is 0. The Balaban J connectivity index is 2.18. The maximum atomic E-state index is 13.3. The second-order valence-corrected chi connectivity index (χ2v) is 5.02. The fourth-order valence-corrected chi connectivity index (χ4v) is 2.31. The Morgan fingerprint density at radius 3 is 2.73 bits per heavy atom. The van der Waals surface area contributed by atoms with E-state index >= 15 is 0 Å². The number of rotatable bonds is 2. The van der Waals surface area contributed by atoms with Gasteiger partial charge in [-0.1, -0.05) is 28.4 Å². The van der Waals surface area contributed by atoms with Crippen LogP contribution in [0.3, 0.4) is 0 Å². The monoisotopic (exact) mass is 333 g/mol. The third-order valence-electron chi connectivity index (χ3n) is 2.94. The molecule has 0 N–H and O–H groups in total. The molecule has 2 heterocycles. The second kappa shape index (κ2) is 5.72. The summed E-state index contributed by atoms with van der Waals surface area (Å²) in [6, 6.07) is 9.38. The lowest BCUT2D eigenvalue weighted by Crippen LogP contribution is -2.00. The molecule has 8 heteroatoms. The molecule has 0 aliphatic heterocycles. The van der Waals surface area contributed by atoms with E-state index < -0.39 is 5.82 Å². The molecule has 0 aliphatic rings. The van der Waals surface area contributed by atoms with Crippen molar-refractivity contribution < 1.29 is 4.39 Å². The van der Waals surface area contributed by atoms with E-state index in [2.05, 4.69) is 15.3 Å². The normalized spacial score (nSPS) is 10.5. The van der Waals surface area contributed by atoms with Crippen molar-refractivity contribution >= 4 is 23.2 Å². The topological polar surface area (TPSA) is 67.4 Å². The molecule has 0 saturated heterocycles. The summed E-state index contributed by atoms with van der Waals surface area (Å²) in [6.45, 7) is 0. The van der Waals surface area contributed by atoms with E-state index in [9.17, 15) is 9.65 Å². The van der Waals surface area contributed by atoms with Crippen LogP contribution in [0.25, 0.3) is 16.9 Å². The van der Waals surface area contributed by atoms with Gasteiger partial charge in [0, 0.05) is 11.8 Å². The first-order valence-corrected chi connectivity index (χ1v) is 6.79. The Morgan fingerprint density at radius 1 is 1.23 bits per heavy atom. The van der Waals surface area contributed by atoms with Crippen molar-refractivity contribution in [2.24, 2.45) is 0 Å². The minimum absolute atomic E-state index is 0.0714. The Kier molecular flexibility index (Phi) is 3.75. The van der Waals surface area contributed by atoms with E-state index in [1.54, 1.807) is 12.1 Å². The summed E-state index contributed by atoms with van der Waals surface area (Å²) >= 11 is 11.8. The zero-order valence-electron chi connectivity index (χ0n) is 10.8. The molecule has 3 aromatic rings. The number of halogens is 3. The van der Waals surface area contributed by atoms with Crippen LogP contribution in [0.2, 0.25) is 10.2 Å². The maximum absolute atomic E-state index is 13.3. The van der Waals surface area contributed by atoms with Gasteiger partial charge in [0.05, 0.1) is 10.7 Å². The van der Waals surface area contributed by atoms with Crippen molar-refractivity contribution in [3.8, 4) is 23.0 Å². The Morgan fingerprint density at radius 2 is 2.05 bits per heavy atom. The molecule has 0 fully saturated rings. The lowest BCUT2D eigenvalue weighted by molar-refractivity contribution is 0.627. The molecule has 22 heavy (non-hydrogen) atoms. The second-order valence-electron chi connectivity index (χ2n) is 4.25. The van der Waals surface area contributed by atoms with Crippen LogP contribution in [0.1, 0.15) is 5.69 Å². The quantitative estimate of drug-likeness (QED) is 0.671. The minimum Gasteiger partial charge on any atom is -0.244 e. The van der Waals surface area contributed by atoms with Crippen LogP contribution in [0.5, 0.6) is 0 Å². The molecule has 0 unspecified atom stereocenters. The number of nitriles is 1. The molecule has 0 spiro atoms. The van der Waals surface area contributed by atoms with Crippen molar-refractivity contribution in [2.75, 3.05) is 0 Å². The third kappa shape index (κ3) is 2.41. The highest BCUT2D eigenvalue weighted by molar-refractivity contribution is 6.32. The van der Waals surface area contributed by atoms with E-state index in [1.165, 1.54) is 29.1 Å². The molecular weight excluding hydrogens is 328 g/mol. The highest BCUT2D eigenvalue weighted by atomic mass is 35.5. The Labute approximate surface area is 134 Å². The molecular formula is C14H6Cl2FN5. The summed E-state index contributed by atoms with van der Waals surface area (Å²) in [5, 5.41) is 17.4. The highest BCUT2D eigenvalue weighted by Gasteiger charge is 2.18. The zero-order valence-corrected chi connectivity index (χ0v) is 12.3. The fourth-order valence-electron chi connectivity index (χ4n) is 1.92. The molecule has 0 bridgehead atoms. The molecule has 0 radical (unpaired) electrons. The average molecular weight is 334 g/mol. The molecule has 0 amide bonds. The first-order valence-electron chi connectivity index (χ1n) is 6.04. The first-order chi connectivity index (χ1) is 10.6. The number of hydrogen-bond acceptors (Lipinski definition) is 4. The van der Waals surface area contributed by atoms with E-state index in [0.29, 0.717) is 16.9 Å². The predicted molar refractivity (Wildman–Crippen MR) is 79.3 cm³/mol. The predicted octanol–water partition coefficient (Wildman–Crippen LogP) is 3.65. The summed E-state index contributed by atoms with van der Waals surface area (Å²) in [6.07, 6.45) is 1.53. The summed E-state index contributed by atoms with van der Waals surface area (Å²) < 4.78 is 14.5. The van der Waals surface area contributed by atoms with Gasteiger partial charge in [-0.25, -0.2) is 14.1 Å². The number of pyridine rings is 1. The van der Waals surface area contributed by atoms with E-state index in [1.807, 2.05) is 6.07 Å². The molecule has 3 rings (SSSR count). The molecule has 0 atom stereocenters. The van der Waals surface area contributed by atoms with Gasteiger partial charge < -0.3 is 0 Å². The van der Waals surface area contributed by atoms with Crippen molar-refractivity contribution in [1.82, 2.24) is 20.0 Å². The molecule has 5 nitrogen and oxygen atoms in total. The SMILES string of the molecule is N#Cc1c(-c2cccnc2Cl)nnn1-c1ccc(F)c(Cl)c1. The van der Waals surface area contributed by atoms with Gasteiger partial charge in [-0.05, 0) is 30.3 Å². The number of hydrogen-bond donors (Lipinski definition) is 0. The van der Waals surface area contributed by atoms with Gasteiger partial charge in [-0.2, -0.15) is 5.26 Å². The van der Waals surface area contributed by atoms with Crippen molar-refractivity contribution in [1.29, 1.82) is 5.26 Å². The molecule has 1 aromatic carbocycles. The van der Waals surface area contributed by atoms with Crippen LogP contribution in [0.15, 0.2) is 36.5 Å². The lowest BCUT2D eigenvalue weighted by atomic mass is 10.1. The van der Waals surface area contributed by atoms with Gasteiger partial charge in [0.1, 0.15) is 22.7 Å². The molecule has 0 aliphatic carbocycles. The van der Waals surface area contributed by atoms with E-state index in [4.69, 9.17) is 23.2 Å². The fraction of sp³-hybridized carbons (Fsp3) is 0. The zero-order chi connectivity index (χ0) is 15.7. The van der Waals surface area contributed by atoms with Crippen molar-refractivity contribution in [2.45, 2.75) is 0 Å². The van der Waals surface area contributed by atoms with Crippen LogP contribution < -0.4 is 0 Å². The van der Waals surface area contributed by atoms with Crippen LogP contribution in [0.4, 0.5) is 4.39 Å². The largest absolute Gasteiger partial charge is 0.244 e. The smallest absolute Gasteiger partial charge is 0.172 e. The van der Waals surface area contributed by atoms with Crippen molar-refractivity contribution in [3.63, 3.8) is 0 Å². The van der Waals surface area contributed by atoms with Crippen LogP contribution in [-0.4, -0.2) is 20.0 Å². The lowest BCUT2D eigenvalue weighted by Gasteiger charge is -2.04. The molecule has 108 valence electrons.